The zero-order chi connectivity index (χ0) is 13.1. The van der Waals surface area contributed by atoms with Crippen LogP contribution in [0.5, 0.6) is 0 Å². The van der Waals surface area contributed by atoms with Crippen molar-refractivity contribution in [1.29, 1.82) is 0 Å². The Balaban J connectivity index is 2.61. The van der Waals surface area contributed by atoms with Crippen LogP contribution in [0.4, 0.5) is 0 Å². The molecule has 0 amide bonds. The molecule has 1 heterocycles. The molecule has 17 heavy (non-hydrogen) atoms. The molecule has 0 spiro atoms. The number of aromatic nitrogens is 1. The van der Waals surface area contributed by atoms with Gasteiger partial charge in [0.25, 0.3) is 0 Å². The summed E-state index contributed by atoms with van der Waals surface area (Å²) in [5.41, 5.74) is -0.0915. The average Bonchev–Trinajstić information content (AvgIpc) is 2.62. The van der Waals surface area contributed by atoms with Gasteiger partial charge in [0.1, 0.15) is 12.1 Å². The molecule has 0 radical (unpaired) electrons. The number of nitrogens with zero attached hydrogens (tertiary/aromatic N) is 1. The Kier molecular flexibility index (Phi) is 3.93. The Morgan fingerprint density at radius 1 is 1.35 bits per heavy atom. The van der Waals surface area contributed by atoms with Crippen molar-refractivity contribution in [2.45, 2.75) is 32.9 Å². The van der Waals surface area contributed by atoms with Gasteiger partial charge in [-0.15, -0.1) is 0 Å². The lowest BCUT2D eigenvalue weighted by molar-refractivity contribution is -0.155. The Morgan fingerprint density at radius 2 is 2.00 bits per heavy atom. The molecule has 5 heteroatoms. The van der Waals surface area contributed by atoms with Crippen LogP contribution >= 0.6 is 0 Å². The van der Waals surface area contributed by atoms with Crippen LogP contribution in [0, 0.1) is 0 Å². The summed E-state index contributed by atoms with van der Waals surface area (Å²) in [5, 5.41) is 0. The smallest absolute Gasteiger partial charge is 0.339 e. The Labute approximate surface area is 100 Å². The molecule has 0 saturated carbocycles. The van der Waals surface area contributed by atoms with Crippen molar-refractivity contribution < 1.29 is 19.1 Å². The first-order valence-corrected chi connectivity index (χ1v) is 5.28. The first kappa shape index (κ1) is 13.3. The van der Waals surface area contributed by atoms with E-state index in [1.54, 1.807) is 43.8 Å². The normalized spacial score (nSPS) is 11.1. The van der Waals surface area contributed by atoms with Gasteiger partial charge >= 0.3 is 11.9 Å². The van der Waals surface area contributed by atoms with Gasteiger partial charge < -0.3 is 14.0 Å². The number of carbonyl (C=O) groups excluding carboxylic acids is 2. The number of methoxy groups -OCH3 is 1. The van der Waals surface area contributed by atoms with Crippen LogP contribution in [-0.2, 0) is 20.8 Å². The second-order valence-corrected chi connectivity index (χ2v) is 4.65. The summed E-state index contributed by atoms with van der Waals surface area (Å²) in [7, 11) is 1.31. The average molecular weight is 239 g/mol. The van der Waals surface area contributed by atoms with Crippen LogP contribution in [0.2, 0.25) is 0 Å². The minimum absolute atomic E-state index is 0.0776. The van der Waals surface area contributed by atoms with Crippen LogP contribution in [0.25, 0.3) is 0 Å². The van der Waals surface area contributed by atoms with Crippen molar-refractivity contribution >= 4 is 11.9 Å². The molecule has 0 N–H and O–H groups in total. The summed E-state index contributed by atoms with van der Waals surface area (Å²) in [6, 6.07) is 1.59. The van der Waals surface area contributed by atoms with E-state index in [4.69, 9.17) is 4.74 Å². The molecule has 1 aromatic rings. The fraction of sp³-hybridized carbons (Fsp3) is 0.500. The largest absolute Gasteiger partial charge is 0.465 e. The minimum Gasteiger partial charge on any atom is -0.465 e. The summed E-state index contributed by atoms with van der Waals surface area (Å²) in [6.07, 6.45) is 3.19. The first-order chi connectivity index (χ1) is 7.81. The first-order valence-electron chi connectivity index (χ1n) is 5.28. The third kappa shape index (κ3) is 4.30. The molecule has 1 aromatic heterocycles. The number of hydrogen-bond donors (Lipinski definition) is 0. The standard InChI is InChI=1S/C12H17NO4/c1-12(2,3)17-10(14)8-13-6-5-9(7-13)11(15)16-4/h5-7H,8H2,1-4H3. The maximum atomic E-state index is 11.5. The van der Waals surface area contributed by atoms with Crippen LogP contribution < -0.4 is 0 Å². The van der Waals surface area contributed by atoms with E-state index in [9.17, 15) is 9.59 Å². The van der Waals surface area contributed by atoms with Gasteiger partial charge in [-0.05, 0) is 26.8 Å². The monoisotopic (exact) mass is 239 g/mol. The van der Waals surface area contributed by atoms with Crippen molar-refractivity contribution in [2.75, 3.05) is 7.11 Å². The summed E-state index contributed by atoms with van der Waals surface area (Å²) < 4.78 is 11.3. The van der Waals surface area contributed by atoms with Crippen molar-refractivity contribution in [3.63, 3.8) is 0 Å². The Bertz CT molecular complexity index is 414. The second kappa shape index (κ2) is 5.03. The van der Waals surface area contributed by atoms with Crippen molar-refractivity contribution in [1.82, 2.24) is 4.57 Å². The number of hydrogen-bond acceptors (Lipinski definition) is 4. The topological polar surface area (TPSA) is 57.5 Å². The highest BCUT2D eigenvalue weighted by Gasteiger charge is 2.17. The van der Waals surface area contributed by atoms with Gasteiger partial charge in [0.05, 0.1) is 12.7 Å². The molecule has 0 aromatic carbocycles. The number of esters is 2. The SMILES string of the molecule is COC(=O)c1ccn(CC(=O)OC(C)(C)C)c1. The molecular formula is C12H17NO4. The summed E-state index contributed by atoms with van der Waals surface area (Å²) in [4.78, 5) is 22.7. The van der Waals surface area contributed by atoms with Crippen LogP contribution in [0.15, 0.2) is 18.5 Å². The molecule has 0 atom stereocenters. The molecule has 0 aliphatic carbocycles. The highest BCUT2D eigenvalue weighted by Crippen LogP contribution is 2.09. The second-order valence-electron chi connectivity index (χ2n) is 4.65. The molecule has 1 rings (SSSR count). The maximum Gasteiger partial charge on any atom is 0.339 e. The zero-order valence-corrected chi connectivity index (χ0v) is 10.5. The zero-order valence-electron chi connectivity index (χ0n) is 10.5. The van der Waals surface area contributed by atoms with E-state index < -0.39 is 11.6 Å². The van der Waals surface area contributed by atoms with Crippen molar-refractivity contribution in [3.8, 4) is 0 Å². The van der Waals surface area contributed by atoms with Gasteiger partial charge in [-0.2, -0.15) is 0 Å². The van der Waals surface area contributed by atoms with E-state index in [1.807, 2.05) is 0 Å². The fourth-order valence-electron chi connectivity index (χ4n) is 1.30. The lowest BCUT2D eigenvalue weighted by Gasteiger charge is -2.19. The van der Waals surface area contributed by atoms with Gasteiger partial charge in [0.2, 0.25) is 0 Å². The fourth-order valence-corrected chi connectivity index (χ4v) is 1.30. The maximum absolute atomic E-state index is 11.5. The Morgan fingerprint density at radius 3 is 2.53 bits per heavy atom. The highest BCUT2D eigenvalue weighted by atomic mass is 16.6. The van der Waals surface area contributed by atoms with Crippen molar-refractivity contribution in [2.24, 2.45) is 0 Å². The van der Waals surface area contributed by atoms with Gasteiger partial charge in [-0.3, -0.25) is 4.79 Å². The van der Waals surface area contributed by atoms with E-state index in [0.29, 0.717) is 5.56 Å². The molecule has 0 aliphatic heterocycles. The molecule has 0 saturated heterocycles. The van der Waals surface area contributed by atoms with E-state index in [0.717, 1.165) is 0 Å². The number of carbonyl (C=O) groups is 2. The quantitative estimate of drug-likeness (QED) is 0.752. The summed E-state index contributed by atoms with van der Waals surface area (Å²) >= 11 is 0. The van der Waals surface area contributed by atoms with E-state index in [-0.39, 0.29) is 12.5 Å². The van der Waals surface area contributed by atoms with Crippen molar-refractivity contribution in [3.05, 3.63) is 24.0 Å². The van der Waals surface area contributed by atoms with Gasteiger partial charge in [0, 0.05) is 12.4 Å². The minimum atomic E-state index is -0.505. The van der Waals surface area contributed by atoms with Crippen LogP contribution in [-0.4, -0.2) is 29.2 Å². The third-order valence-corrected chi connectivity index (χ3v) is 1.90. The van der Waals surface area contributed by atoms with Gasteiger partial charge in [0.15, 0.2) is 0 Å². The lowest BCUT2D eigenvalue weighted by atomic mass is 10.2. The summed E-state index contributed by atoms with van der Waals surface area (Å²) in [5.74, 6) is -0.766. The third-order valence-electron chi connectivity index (χ3n) is 1.90. The molecule has 5 nitrogen and oxygen atoms in total. The Hall–Kier alpha value is -1.78. The molecule has 0 aliphatic rings. The predicted molar refractivity (Wildman–Crippen MR) is 61.6 cm³/mol. The van der Waals surface area contributed by atoms with E-state index in [2.05, 4.69) is 4.74 Å². The van der Waals surface area contributed by atoms with Crippen LogP contribution in [0.3, 0.4) is 0 Å². The number of rotatable bonds is 3. The van der Waals surface area contributed by atoms with E-state index >= 15 is 0 Å². The molecule has 94 valence electrons. The van der Waals surface area contributed by atoms with Gasteiger partial charge in [-0.1, -0.05) is 0 Å². The molecule has 0 fully saturated rings. The summed E-state index contributed by atoms with van der Waals surface area (Å²) in [6.45, 7) is 5.50. The predicted octanol–water partition coefficient (Wildman–Crippen LogP) is 1.62. The molecule has 0 bridgehead atoms. The van der Waals surface area contributed by atoms with E-state index in [1.165, 1.54) is 7.11 Å². The molecule has 0 unspecified atom stereocenters. The van der Waals surface area contributed by atoms with Crippen LogP contribution in [0.1, 0.15) is 31.1 Å². The van der Waals surface area contributed by atoms with Gasteiger partial charge in [-0.25, -0.2) is 4.79 Å². The number of ether oxygens (including phenoxy) is 2. The highest BCUT2D eigenvalue weighted by molar-refractivity contribution is 5.89. The molecular weight excluding hydrogens is 222 g/mol. The lowest BCUT2D eigenvalue weighted by Crippen LogP contribution is -2.26.